The van der Waals surface area contributed by atoms with Crippen LogP contribution >= 0.6 is 0 Å². The Balaban J connectivity index is 1.22. The van der Waals surface area contributed by atoms with Crippen LogP contribution in [-0.4, -0.2) is 28.0 Å². The molecule has 33 heavy (non-hydrogen) atoms. The number of amides is 1. The molecular formula is C25H24F3N3O2. The van der Waals surface area contributed by atoms with Crippen molar-refractivity contribution in [1.29, 1.82) is 0 Å². The van der Waals surface area contributed by atoms with Crippen molar-refractivity contribution >= 4 is 16.9 Å². The number of ether oxygens (including phenoxy) is 1. The van der Waals surface area contributed by atoms with Crippen LogP contribution in [0.1, 0.15) is 65.8 Å². The highest BCUT2D eigenvalue weighted by molar-refractivity contribution is 5.95. The quantitative estimate of drug-likeness (QED) is 0.564. The summed E-state index contributed by atoms with van der Waals surface area (Å²) in [5.74, 6) is 1.50. The van der Waals surface area contributed by atoms with E-state index in [0.29, 0.717) is 23.2 Å². The van der Waals surface area contributed by atoms with Crippen LogP contribution in [0.4, 0.5) is 13.2 Å². The largest absolute Gasteiger partial charge is 0.493 e. The summed E-state index contributed by atoms with van der Waals surface area (Å²) in [4.78, 5) is 20.9. The summed E-state index contributed by atoms with van der Waals surface area (Å²) in [6, 6.07) is 9.22. The van der Waals surface area contributed by atoms with E-state index >= 15 is 0 Å². The fraction of sp³-hybridized carbons (Fsp3) is 0.440. The SMILES string of the molecule is O=C(NC12CCCC(c3nc4ccc(C(F)(F)F)cc4[nH]3)(C1)C2)c1ccc2c(c1)CCCO2. The fourth-order valence-electron chi connectivity index (χ4n) is 6.05. The van der Waals surface area contributed by atoms with Crippen LogP contribution in [0, 0.1) is 0 Å². The van der Waals surface area contributed by atoms with Crippen LogP contribution in [0.5, 0.6) is 5.75 Å². The second-order valence-electron chi connectivity index (χ2n) is 9.81. The molecule has 2 bridgehead atoms. The number of fused-ring (bicyclic) bond motifs is 4. The van der Waals surface area contributed by atoms with E-state index in [0.717, 1.165) is 74.2 Å². The van der Waals surface area contributed by atoms with Crippen molar-refractivity contribution in [2.45, 2.75) is 62.1 Å². The summed E-state index contributed by atoms with van der Waals surface area (Å²) >= 11 is 0. The van der Waals surface area contributed by atoms with Gasteiger partial charge in [0.2, 0.25) is 0 Å². The summed E-state index contributed by atoms with van der Waals surface area (Å²) in [7, 11) is 0. The van der Waals surface area contributed by atoms with E-state index in [1.165, 1.54) is 6.07 Å². The van der Waals surface area contributed by atoms with E-state index in [1.54, 1.807) is 0 Å². The lowest BCUT2D eigenvalue weighted by atomic mass is 9.49. The Hall–Kier alpha value is -3.03. The van der Waals surface area contributed by atoms with Gasteiger partial charge in [0, 0.05) is 16.5 Å². The molecule has 0 saturated heterocycles. The zero-order chi connectivity index (χ0) is 22.8. The first kappa shape index (κ1) is 20.6. The molecule has 0 spiro atoms. The van der Waals surface area contributed by atoms with Gasteiger partial charge in [-0.2, -0.15) is 13.2 Å². The van der Waals surface area contributed by atoms with Gasteiger partial charge < -0.3 is 15.0 Å². The first-order valence-corrected chi connectivity index (χ1v) is 11.4. The number of H-pyrrole nitrogens is 1. The Labute approximate surface area is 188 Å². The molecule has 3 saturated carbocycles. The van der Waals surface area contributed by atoms with Gasteiger partial charge in [-0.15, -0.1) is 0 Å². The third kappa shape index (κ3) is 3.38. The van der Waals surface area contributed by atoms with Gasteiger partial charge >= 0.3 is 6.18 Å². The van der Waals surface area contributed by atoms with Crippen molar-refractivity contribution in [3.63, 3.8) is 0 Å². The van der Waals surface area contributed by atoms with Gasteiger partial charge in [0.1, 0.15) is 11.6 Å². The molecule has 3 fully saturated rings. The molecule has 3 aromatic rings. The molecule has 8 heteroatoms. The lowest BCUT2D eigenvalue weighted by Gasteiger charge is -2.60. The lowest BCUT2D eigenvalue weighted by molar-refractivity contribution is -0.137. The Morgan fingerprint density at radius 3 is 2.76 bits per heavy atom. The zero-order valence-electron chi connectivity index (χ0n) is 18.0. The number of carbonyl (C=O) groups is 1. The molecule has 2 aromatic carbocycles. The highest BCUT2D eigenvalue weighted by Gasteiger charge is 2.60. The average molecular weight is 455 g/mol. The molecular weight excluding hydrogens is 431 g/mol. The molecule has 172 valence electrons. The normalized spacial score (nSPS) is 26.3. The van der Waals surface area contributed by atoms with Crippen molar-refractivity contribution in [2.24, 2.45) is 0 Å². The minimum atomic E-state index is -4.39. The number of benzene rings is 2. The van der Waals surface area contributed by atoms with E-state index in [4.69, 9.17) is 4.74 Å². The maximum absolute atomic E-state index is 13.1. The maximum atomic E-state index is 13.1. The van der Waals surface area contributed by atoms with Crippen LogP contribution < -0.4 is 10.1 Å². The first-order valence-electron chi connectivity index (χ1n) is 11.4. The minimum Gasteiger partial charge on any atom is -0.493 e. The van der Waals surface area contributed by atoms with Crippen LogP contribution in [0.2, 0.25) is 0 Å². The van der Waals surface area contributed by atoms with E-state index in [9.17, 15) is 18.0 Å². The summed E-state index contributed by atoms with van der Waals surface area (Å²) < 4.78 is 44.9. The van der Waals surface area contributed by atoms with E-state index in [2.05, 4.69) is 15.3 Å². The number of aryl methyl sites for hydroxylation is 1. The topological polar surface area (TPSA) is 67.0 Å². The third-order valence-corrected chi connectivity index (χ3v) is 7.53. The minimum absolute atomic E-state index is 0.0849. The van der Waals surface area contributed by atoms with E-state index < -0.39 is 11.7 Å². The maximum Gasteiger partial charge on any atom is 0.416 e. The number of carbonyl (C=O) groups excluding carboxylic acids is 1. The molecule has 5 nitrogen and oxygen atoms in total. The number of nitrogens with zero attached hydrogens (tertiary/aromatic N) is 1. The second kappa shape index (κ2) is 6.98. The summed E-state index contributed by atoms with van der Waals surface area (Å²) in [5, 5.41) is 3.27. The molecule has 2 heterocycles. The average Bonchev–Trinajstić information content (AvgIpc) is 3.22. The van der Waals surface area contributed by atoms with Gasteiger partial charge in [0.15, 0.2) is 0 Å². The van der Waals surface area contributed by atoms with Crippen molar-refractivity contribution in [1.82, 2.24) is 15.3 Å². The van der Waals surface area contributed by atoms with Crippen LogP contribution in [0.3, 0.4) is 0 Å². The number of halogens is 3. The van der Waals surface area contributed by atoms with Crippen LogP contribution in [0.15, 0.2) is 36.4 Å². The molecule has 2 N–H and O–H groups in total. The number of aromatic amines is 1. The Morgan fingerprint density at radius 2 is 1.94 bits per heavy atom. The monoisotopic (exact) mass is 455 g/mol. The van der Waals surface area contributed by atoms with Gasteiger partial charge in [-0.25, -0.2) is 4.98 Å². The predicted octanol–water partition coefficient (Wildman–Crippen LogP) is 5.29. The highest BCUT2D eigenvalue weighted by atomic mass is 19.4. The van der Waals surface area contributed by atoms with E-state index in [-0.39, 0.29) is 16.9 Å². The van der Waals surface area contributed by atoms with Gasteiger partial charge in [-0.05, 0) is 80.5 Å². The second-order valence-corrected chi connectivity index (χ2v) is 9.81. The van der Waals surface area contributed by atoms with Gasteiger partial charge in [-0.3, -0.25) is 4.79 Å². The first-order chi connectivity index (χ1) is 15.8. The van der Waals surface area contributed by atoms with Gasteiger partial charge in [0.05, 0.1) is 23.2 Å². The van der Waals surface area contributed by atoms with Gasteiger partial charge in [-0.1, -0.05) is 6.42 Å². The highest BCUT2D eigenvalue weighted by Crippen LogP contribution is 2.58. The summed E-state index contributed by atoms with van der Waals surface area (Å²) in [6.45, 7) is 0.711. The molecule has 7 rings (SSSR count). The molecule has 3 aliphatic carbocycles. The number of hydrogen-bond acceptors (Lipinski definition) is 3. The zero-order valence-corrected chi connectivity index (χ0v) is 18.0. The smallest absolute Gasteiger partial charge is 0.416 e. The number of hydrogen-bond donors (Lipinski definition) is 2. The van der Waals surface area contributed by atoms with Gasteiger partial charge in [0.25, 0.3) is 5.91 Å². The number of imidazole rings is 1. The molecule has 4 aliphatic rings. The van der Waals surface area contributed by atoms with Crippen molar-refractivity contribution < 1.29 is 22.7 Å². The molecule has 0 radical (unpaired) electrons. The Bertz CT molecular complexity index is 1260. The standard InChI is InChI=1S/C25H24F3N3O2/c26-25(27,28)17-5-6-18-19(12-17)30-22(29-18)23-8-2-9-24(13-23,14-23)31-21(32)16-4-7-20-15(11-16)3-1-10-33-20/h4-7,11-12H,1-3,8-10,13-14H2,(H,29,30)(H,31,32). The number of nitrogens with one attached hydrogen (secondary N) is 2. The van der Waals surface area contributed by atoms with E-state index in [1.807, 2.05) is 18.2 Å². The lowest BCUT2D eigenvalue weighted by Crippen LogP contribution is -2.66. The molecule has 1 aliphatic heterocycles. The summed E-state index contributed by atoms with van der Waals surface area (Å²) in [5.41, 5.74) is 1.44. The molecule has 1 amide bonds. The number of rotatable bonds is 3. The summed E-state index contributed by atoms with van der Waals surface area (Å²) in [6.07, 6.45) is 1.70. The van der Waals surface area contributed by atoms with Crippen molar-refractivity contribution in [2.75, 3.05) is 6.61 Å². The molecule has 1 aromatic heterocycles. The molecule has 0 unspecified atom stereocenters. The number of aromatic nitrogens is 2. The molecule has 0 atom stereocenters. The number of alkyl halides is 3. The van der Waals surface area contributed by atoms with Crippen molar-refractivity contribution in [3.8, 4) is 5.75 Å². The third-order valence-electron chi connectivity index (χ3n) is 7.53. The van der Waals surface area contributed by atoms with Crippen LogP contribution in [0.25, 0.3) is 11.0 Å². The van der Waals surface area contributed by atoms with Crippen molar-refractivity contribution in [3.05, 3.63) is 58.9 Å². The predicted molar refractivity (Wildman–Crippen MR) is 116 cm³/mol. The fourth-order valence-corrected chi connectivity index (χ4v) is 6.05. The van der Waals surface area contributed by atoms with Crippen LogP contribution in [-0.2, 0) is 18.0 Å². The Morgan fingerprint density at radius 1 is 1.09 bits per heavy atom. The Kier molecular flexibility index (Phi) is 4.35.